The summed E-state index contributed by atoms with van der Waals surface area (Å²) in [4.78, 5) is 16.7. The van der Waals surface area contributed by atoms with Crippen LogP contribution in [-0.2, 0) is 13.0 Å². The van der Waals surface area contributed by atoms with Crippen LogP contribution in [0.4, 0.5) is 16.0 Å². The predicted molar refractivity (Wildman–Crippen MR) is 157 cm³/mol. The lowest BCUT2D eigenvalue weighted by atomic mass is 9.90. The number of aromatic nitrogens is 4. The van der Waals surface area contributed by atoms with E-state index in [9.17, 15) is 4.39 Å². The fourth-order valence-electron chi connectivity index (χ4n) is 6.13. The monoisotopic (exact) mass is 551 g/mol. The van der Waals surface area contributed by atoms with Gasteiger partial charge in [-0.25, -0.2) is 14.4 Å². The fraction of sp³-hybridized carbons (Fsp3) is 0.344. The van der Waals surface area contributed by atoms with Crippen LogP contribution in [-0.4, -0.2) is 63.8 Å². The number of piperazine rings is 1. The summed E-state index contributed by atoms with van der Waals surface area (Å²) in [5.74, 6) is 2.54. The van der Waals surface area contributed by atoms with Crippen LogP contribution >= 0.6 is 0 Å². The molecule has 0 radical (unpaired) electrons. The van der Waals surface area contributed by atoms with Crippen LogP contribution < -0.4 is 9.80 Å². The Morgan fingerprint density at radius 3 is 2.37 bits per heavy atom. The summed E-state index contributed by atoms with van der Waals surface area (Å²) in [6.45, 7) is 5.78. The lowest BCUT2D eigenvalue weighted by Crippen LogP contribution is -2.46. The van der Waals surface area contributed by atoms with Gasteiger partial charge in [0.15, 0.2) is 11.4 Å². The summed E-state index contributed by atoms with van der Waals surface area (Å²) in [7, 11) is 0. The Kier molecular flexibility index (Phi) is 7.10. The molecule has 7 rings (SSSR count). The van der Waals surface area contributed by atoms with E-state index in [0.29, 0.717) is 29.7 Å². The van der Waals surface area contributed by atoms with Gasteiger partial charge in [0.05, 0.1) is 12.0 Å². The van der Waals surface area contributed by atoms with E-state index in [1.54, 1.807) is 12.3 Å². The summed E-state index contributed by atoms with van der Waals surface area (Å²) in [5, 5.41) is 4.87. The molecule has 0 atom stereocenters. The van der Waals surface area contributed by atoms with Crippen molar-refractivity contribution in [3.05, 3.63) is 96.1 Å². The predicted octanol–water partition coefficient (Wildman–Crippen LogP) is 5.30. The highest BCUT2D eigenvalue weighted by atomic mass is 19.1. The molecule has 0 aliphatic carbocycles. The summed E-state index contributed by atoms with van der Waals surface area (Å²) in [5.41, 5.74) is 3.92. The summed E-state index contributed by atoms with van der Waals surface area (Å²) < 4.78 is 21.9. The normalized spacial score (nSPS) is 17.0. The van der Waals surface area contributed by atoms with Crippen molar-refractivity contribution in [1.29, 1.82) is 0 Å². The maximum atomic E-state index is 14.3. The first-order chi connectivity index (χ1) is 20.2. The van der Waals surface area contributed by atoms with Crippen LogP contribution in [0.2, 0.25) is 0 Å². The first-order valence-corrected chi connectivity index (χ1v) is 14.5. The highest BCUT2D eigenvalue weighted by Gasteiger charge is 2.26. The minimum absolute atomic E-state index is 0.166. The van der Waals surface area contributed by atoms with Gasteiger partial charge in [0, 0.05) is 57.6 Å². The number of hydrogen-bond acceptors (Lipinski definition) is 7. The highest BCUT2D eigenvalue weighted by molar-refractivity contribution is 5.58. The maximum Gasteiger partial charge on any atom is 0.228 e. The Balaban J connectivity index is 1.09. The van der Waals surface area contributed by atoms with Crippen molar-refractivity contribution in [2.75, 3.05) is 49.1 Å². The molecule has 0 amide bonds. The molecule has 2 saturated heterocycles. The molecule has 9 heteroatoms. The van der Waals surface area contributed by atoms with Gasteiger partial charge in [-0.05, 0) is 55.0 Å². The largest absolute Gasteiger partial charge is 0.461 e. The van der Waals surface area contributed by atoms with Gasteiger partial charge in [-0.15, -0.1) is 5.10 Å². The van der Waals surface area contributed by atoms with Crippen molar-refractivity contribution in [3.8, 4) is 11.6 Å². The number of nitrogens with zero attached hydrogens (tertiary/aromatic N) is 7. The second kappa shape index (κ2) is 11.3. The Labute approximate surface area is 239 Å². The molecule has 5 aromatic rings. The standard InChI is InChI=1S/C32H34FN7O/c33-27-9-4-5-10-28(27)38-18-16-37(17-19-38)23-26-22-34-32(40-31(26)35-30(36-40)29-11-6-20-41-29)39-14-12-25(13-15-39)21-24-7-2-1-3-8-24/h1-11,20,22,25H,12-19,21,23H2. The molecule has 0 N–H and O–H groups in total. The van der Waals surface area contributed by atoms with Crippen molar-refractivity contribution in [1.82, 2.24) is 24.5 Å². The average molecular weight is 552 g/mol. The van der Waals surface area contributed by atoms with Crippen molar-refractivity contribution in [3.63, 3.8) is 0 Å². The number of hydrogen-bond donors (Lipinski definition) is 0. The van der Waals surface area contributed by atoms with E-state index in [-0.39, 0.29) is 5.82 Å². The molecule has 2 aromatic carbocycles. The molecule has 2 fully saturated rings. The van der Waals surface area contributed by atoms with Crippen LogP contribution in [0.25, 0.3) is 17.2 Å². The van der Waals surface area contributed by atoms with Gasteiger partial charge in [0.2, 0.25) is 11.8 Å². The van der Waals surface area contributed by atoms with E-state index in [4.69, 9.17) is 19.5 Å². The molecule has 3 aromatic heterocycles. The van der Waals surface area contributed by atoms with E-state index in [1.165, 1.54) is 11.6 Å². The van der Waals surface area contributed by atoms with Crippen molar-refractivity contribution in [2.24, 2.45) is 5.92 Å². The van der Waals surface area contributed by atoms with E-state index in [1.807, 2.05) is 35.0 Å². The minimum atomic E-state index is -0.166. The third kappa shape index (κ3) is 5.41. The van der Waals surface area contributed by atoms with E-state index in [2.05, 4.69) is 45.0 Å². The van der Waals surface area contributed by atoms with Gasteiger partial charge in [-0.2, -0.15) is 4.52 Å². The molecule has 2 aliphatic heterocycles. The van der Waals surface area contributed by atoms with Gasteiger partial charge in [0.25, 0.3) is 0 Å². The zero-order chi connectivity index (χ0) is 27.6. The maximum absolute atomic E-state index is 14.3. The molecular weight excluding hydrogens is 517 g/mol. The number of fused-ring (bicyclic) bond motifs is 1. The zero-order valence-corrected chi connectivity index (χ0v) is 23.1. The second-order valence-electron chi connectivity index (χ2n) is 11.1. The fourth-order valence-corrected chi connectivity index (χ4v) is 6.13. The molecular formula is C32H34FN7O. The van der Waals surface area contributed by atoms with Crippen LogP contribution in [0.3, 0.4) is 0 Å². The highest BCUT2D eigenvalue weighted by Crippen LogP contribution is 2.28. The SMILES string of the molecule is Fc1ccccc1N1CCN(Cc2cnc(N3CCC(Cc4ccccc4)CC3)n3nc(-c4ccco4)nc23)CC1. The van der Waals surface area contributed by atoms with E-state index < -0.39 is 0 Å². The molecule has 210 valence electrons. The van der Waals surface area contributed by atoms with Crippen LogP contribution in [0.15, 0.2) is 83.6 Å². The lowest BCUT2D eigenvalue weighted by molar-refractivity contribution is 0.249. The van der Waals surface area contributed by atoms with Crippen molar-refractivity contribution < 1.29 is 8.81 Å². The average Bonchev–Trinajstić information content (AvgIpc) is 3.71. The van der Waals surface area contributed by atoms with Crippen LogP contribution in [0.1, 0.15) is 24.0 Å². The first kappa shape index (κ1) is 25.7. The number of anilines is 2. The second-order valence-corrected chi connectivity index (χ2v) is 11.1. The number of rotatable bonds is 7. The summed E-state index contributed by atoms with van der Waals surface area (Å²) in [6.07, 6.45) is 6.96. The van der Waals surface area contributed by atoms with E-state index in [0.717, 1.165) is 75.7 Å². The van der Waals surface area contributed by atoms with Gasteiger partial charge < -0.3 is 14.2 Å². The van der Waals surface area contributed by atoms with Gasteiger partial charge in [-0.3, -0.25) is 4.90 Å². The topological polar surface area (TPSA) is 65.9 Å². The van der Waals surface area contributed by atoms with Crippen LogP contribution in [0, 0.1) is 11.7 Å². The molecule has 0 unspecified atom stereocenters. The Morgan fingerprint density at radius 1 is 0.829 bits per heavy atom. The zero-order valence-electron chi connectivity index (χ0n) is 23.1. The Bertz CT molecular complexity index is 1590. The van der Waals surface area contributed by atoms with Crippen LogP contribution in [0.5, 0.6) is 0 Å². The lowest BCUT2D eigenvalue weighted by Gasteiger charge is -2.36. The molecule has 0 bridgehead atoms. The van der Waals surface area contributed by atoms with Gasteiger partial charge in [0.1, 0.15) is 5.82 Å². The molecule has 8 nitrogen and oxygen atoms in total. The van der Waals surface area contributed by atoms with Crippen molar-refractivity contribution >= 4 is 17.3 Å². The first-order valence-electron chi connectivity index (χ1n) is 14.5. The molecule has 5 heterocycles. The van der Waals surface area contributed by atoms with Gasteiger partial charge >= 0.3 is 0 Å². The summed E-state index contributed by atoms with van der Waals surface area (Å²) in [6, 6.07) is 21.5. The number of benzene rings is 2. The Hall–Kier alpha value is -4.24. The number of halogens is 1. The van der Waals surface area contributed by atoms with E-state index >= 15 is 0 Å². The molecule has 2 aliphatic rings. The number of para-hydroxylation sites is 1. The Morgan fingerprint density at radius 2 is 1.61 bits per heavy atom. The minimum Gasteiger partial charge on any atom is -0.461 e. The third-order valence-electron chi connectivity index (χ3n) is 8.39. The summed E-state index contributed by atoms with van der Waals surface area (Å²) >= 11 is 0. The third-order valence-corrected chi connectivity index (χ3v) is 8.39. The molecule has 0 saturated carbocycles. The molecule has 0 spiro atoms. The van der Waals surface area contributed by atoms with Crippen molar-refractivity contribution in [2.45, 2.75) is 25.8 Å². The molecule has 41 heavy (non-hydrogen) atoms. The smallest absolute Gasteiger partial charge is 0.228 e. The quantitative estimate of drug-likeness (QED) is 0.272. The number of furan rings is 1. The van der Waals surface area contributed by atoms with Gasteiger partial charge in [-0.1, -0.05) is 42.5 Å². The number of piperidine rings is 1.